The van der Waals surface area contributed by atoms with Crippen molar-refractivity contribution < 1.29 is 73.0 Å². The van der Waals surface area contributed by atoms with Crippen LogP contribution in [0.5, 0.6) is 0 Å². The number of phosphoric acid groups is 1. The van der Waals surface area contributed by atoms with Gasteiger partial charge in [-0.15, -0.1) is 0 Å². The normalized spacial score (nSPS) is 34.2. The molecule has 12 atom stereocenters. The van der Waals surface area contributed by atoms with Crippen LogP contribution in [0.3, 0.4) is 0 Å². The topological polar surface area (TPSA) is 311 Å². The van der Waals surface area contributed by atoms with E-state index in [0.717, 1.165) is 16.8 Å². The number of aromatic nitrogens is 2. The van der Waals surface area contributed by atoms with E-state index in [0.29, 0.717) is 0 Å². The lowest BCUT2D eigenvalue weighted by Crippen LogP contribution is -2.48. The molecule has 37 heavy (non-hydrogen) atoms. The van der Waals surface area contributed by atoms with Crippen LogP contribution in [0.15, 0.2) is 21.9 Å². The quantitative estimate of drug-likeness (QED) is 0.0814. The molecule has 0 amide bonds. The third kappa shape index (κ3) is 6.80. The smallest absolute Gasteiger partial charge is 0.394 e. The van der Waals surface area contributed by atoms with Gasteiger partial charge in [-0.1, -0.05) is 0 Å². The first-order valence-corrected chi connectivity index (χ1v) is 13.6. The highest BCUT2D eigenvalue weighted by molar-refractivity contribution is 7.64. The van der Waals surface area contributed by atoms with E-state index in [1.54, 1.807) is 0 Å². The summed E-state index contributed by atoms with van der Waals surface area (Å²) in [4.78, 5) is 44.8. The standard InChI is InChI=1S/C16H26N2O17P2/c19-3-5(20)8(22)10(24)11(25)13-15(34-13)36(28,29)35-37(30,31)32-4-6-9(23)12(26)14(33-6)18-2-1-7(21)17-16(18)27/h1-2,5-6,8-15,19-20,22-26H,3-4H2,(H,28,29)(H,30,31)(H,17,21,27)/t5-,6-,8+,9-,10+,11-,12-,13?,14-,15?/m1/s1. The van der Waals surface area contributed by atoms with Crippen LogP contribution >= 0.6 is 15.4 Å². The highest BCUT2D eigenvalue weighted by Gasteiger charge is 2.61. The molecular formula is C16H26N2O17P2. The number of nitrogens with one attached hydrogen (secondary N) is 1. The molecule has 0 saturated carbocycles. The maximum absolute atomic E-state index is 12.4. The van der Waals surface area contributed by atoms with E-state index in [-0.39, 0.29) is 0 Å². The molecule has 3 rings (SSSR count). The molecule has 0 radical (unpaired) electrons. The Balaban J connectivity index is 1.58. The fourth-order valence-corrected chi connectivity index (χ4v) is 6.39. The molecule has 19 nitrogen and oxygen atoms in total. The Labute approximate surface area is 205 Å². The van der Waals surface area contributed by atoms with E-state index < -0.39 is 101 Å². The van der Waals surface area contributed by atoms with Crippen molar-refractivity contribution in [1.82, 2.24) is 9.55 Å². The Morgan fingerprint density at radius 2 is 1.70 bits per heavy atom. The number of nitrogens with zero attached hydrogens (tertiary/aromatic N) is 1. The number of hydrogen-bond acceptors (Lipinski definition) is 15. The van der Waals surface area contributed by atoms with Gasteiger partial charge >= 0.3 is 21.1 Å². The molecule has 2 aliphatic rings. The number of epoxide rings is 1. The minimum absolute atomic E-state index is 0.729. The van der Waals surface area contributed by atoms with Gasteiger partial charge in [-0.05, 0) is 0 Å². The van der Waals surface area contributed by atoms with Gasteiger partial charge in [0.25, 0.3) is 5.56 Å². The Bertz CT molecular complexity index is 1160. The van der Waals surface area contributed by atoms with Crippen LogP contribution in [0.25, 0.3) is 0 Å². The highest BCUT2D eigenvalue weighted by atomic mass is 31.3. The van der Waals surface area contributed by atoms with Crippen LogP contribution in [-0.2, 0) is 27.4 Å². The largest absolute Gasteiger partial charge is 0.479 e. The zero-order valence-corrected chi connectivity index (χ0v) is 20.3. The number of aliphatic hydroxyl groups is 7. The zero-order valence-electron chi connectivity index (χ0n) is 18.5. The zero-order chi connectivity index (χ0) is 27.9. The Morgan fingerprint density at radius 1 is 1.05 bits per heavy atom. The number of hydrogen-bond donors (Lipinski definition) is 10. The third-order valence-electron chi connectivity index (χ3n) is 5.52. The average Bonchev–Trinajstić information content (AvgIpc) is 3.58. The molecule has 0 aromatic carbocycles. The van der Waals surface area contributed by atoms with Gasteiger partial charge in [-0.3, -0.25) is 23.4 Å². The molecule has 2 fully saturated rings. The van der Waals surface area contributed by atoms with E-state index >= 15 is 0 Å². The molecule has 0 spiro atoms. The molecule has 3 heterocycles. The first-order valence-electron chi connectivity index (χ1n) is 10.4. The number of ether oxygens (including phenoxy) is 2. The van der Waals surface area contributed by atoms with Gasteiger partial charge in [-0.25, -0.2) is 13.7 Å². The first kappa shape index (κ1) is 30.2. The van der Waals surface area contributed by atoms with Gasteiger partial charge < -0.3 is 55.0 Å². The van der Waals surface area contributed by atoms with Crippen molar-refractivity contribution in [2.45, 2.75) is 60.9 Å². The van der Waals surface area contributed by atoms with Crippen molar-refractivity contribution in [3.05, 3.63) is 33.1 Å². The first-order chi connectivity index (χ1) is 17.1. The summed E-state index contributed by atoms with van der Waals surface area (Å²) in [5, 5.41) is 67.8. The molecule has 10 N–H and O–H groups in total. The van der Waals surface area contributed by atoms with E-state index in [1.807, 2.05) is 4.98 Å². The van der Waals surface area contributed by atoms with E-state index in [9.17, 15) is 59.1 Å². The summed E-state index contributed by atoms with van der Waals surface area (Å²) < 4.78 is 44.1. The second-order valence-electron chi connectivity index (χ2n) is 8.19. The van der Waals surface area contributed by atoms with Gasteiger partial charge in [-0.2, -0.15) is 0 Å². The van der Waals surface area contributed by atoms with E-state index in [2.05, 4.69) is 8.83 Å². The number of H-pyrrole nitrogens is 1. The lowest BCUT2D eigenvalue weighted by Gasteiger charge is -2.24. The molecular weight excluding hydrogens is 554 g/mol. The Hall–Kier alpha value is -1.38. The summed E-state index contributed by atoms with van der Waals surface area (Å²) in [5.74, 6) is -1.95. The van der Waals surface area contributed by atoms with Crippen LogP contribution in [0.1, 0.15) is 6.23 Å². The minimum Gasteiger partial charge on any atom is -0.394 e. The fourth-order valence-electron chi connectivity index (χ4n) is 3.47. The average molecular weight is 580 g/mol. The van der Waals surface area contributed by atoms with Gasteiger partial charge in [0, 0.05) is 12.3 Å². The van der Waals surface area contributed by atoms with Gasteiger partial charge in [0.05, 0.1) is 13.2 Å². The third-order valence-corrected chi connectivity index (χ3v) is 8.82. The van der Waals surface area contributed by atoms with Crippen LogP contribution in [0.4, 0.5) is 0 Å². The number of rotatable bonds is 12. The summed E-state index contributed by atoms with van der Waals surface area (Å²) in [6.45, 7) is -1.98. The molecule has 212 valence electrons. The molecule has 0 bridgehead atoms. The van der Waals surface area contributed by atoms with Crippen LogP contribution in [-0.4, -0.2) is 123 Å². The Morgan fingerprint density at radius 3 is 2.30 bits per heavy atom. The molecule has 21 heteroatoms. The van der Waals surface area contributed by atoms with Gasteiger partial charge in [0.15, 0.2) is 12.1 Å². The summed E-state index contributed by atoms with van der Waals surface area (Å²) in [5.41, 5.74) is -1.74. The van der Waals surface area contributed by atoms with Crippen molar-refractivity contribution in [2.24, 2.45) is 0 Å². The van der Waals surface area contributed by atoms with E-state index in [4.69, 9.17) is 14.6 Å². The fraction of sp³-hybridized carbons (Fsp3) is 0.750. The monoisotopic (exact) mass is 580 g/mol. The van der Waals surface area contributed by atoms with Crippen LogP contribution in [0, 0.1) is 0 Å². The van der Waals surface area contributed by atoms with Crippen molar-refractivity contribution in [3.63, 3.8) is 0 Å². The van der Waals surface area contributed by atoms with Crippen LogP contribution < -0.4 is 11.2 Å². The molecule has 1 aromatic rings. The maximum Gasteiger partial charge on any atom is 0.479 e. The molecule has 2 saturated heterocycles. The highest BCUT2D eigenvalue weighted by Crippen LogP contribution is 2.67. The molecule has 1 aromatic heterocycles. The van der Waals surface area contributed by atoms with Crippen molar-refractivity contribution in [2.75, 3.05) is 13.2 Å². The van der Waals surface area contributed by atoms with Crippen molar-refractivity contribution >= 4 is 15.4 Å². The summed E-state index contributed by atoms with van der Waals surface area (Å²) in [6.07, 6.45) is -15.5. The summed E-state index contributed by atoms with van der Waals surface area (Å²) in [6, 6.07) is 0.931. The second-order valence-corrected chi connectivity index (χ2v) is 11.7. The second kappa shape index (κ2) is 11.4. The van der Waals surface area contributed by atoms with Gasteiger partial charge in [0.1, 0.15) is 48.8 Å². The number of phosphoric ester groups is 1. The SMILES string of the molecule is O=c1ccn([C@@H]2O[C@H](COP(=O)(O)OP(=O)(O)C3OC3[C@H](O)[C@@H](O)[C@@H](O)[C@H](O)CO)[C@@H](O)[C@H]2O)c(=O)[nH]1. The summed E-state index contributed by atoms with van der Waals surface area (Å²) in [7, 11) is -10.6. The maximum atomic E-state index is 12.4. The van der Waals surface area contributed by atoms with E-state index in [1.165, 1.54) is 0 Å². The van der Waals surface area contributed by atoms with Gasteiger partial charge in [0.2, 0.25) is 0 Å². The number of aliphatic hydroxyl groups excluding tert-OH is 7. The predicted octanol–water partition coefficient (Wildman–Crippen LogP) is -5.36. The molecule has 4 unspecified atom stereocenters. The molecule has 0 aliphatic carbocycles. The Kier molecular flexibility index (Phi) is 9.28. The lowest BCUT2D eigenvalue weighted by molar-refractivity contribution is -0.119. The van der Waals surface area contributed by atoms with Crippen molar-refractivity contribution in [3.8, 4) is 0 Å². The predicted molar refractivity (Wildman–Crippen MR) is 114 cm³/mol. The molecule has 2 aliphatic heterocycles. The number of aromatic amines is 1. The summed E-state index contributed by atoms with van der Waals surface area (Å²) >= 11 is 0. The minimum atomic E-state index is -5.40. The lowest BCUT2D eigenvalue weighted by atomic mass is 10.0. The van der Waals surface area contributed by atoms with Crippen LogP contribution in [0.2, 0.25) is 0 Å². The van der Waals surface area contributed by atoms with Crippen molar-refractivity contribution in [1.29, 1.82) is 0 Å².